The molecule has 1 aromatic rings. The number of hydrogen-bond acceptors (Lipinski definition) is 3. The van der Waals surface area contributed by atoms with Crippen molar-refractivity contribution >= 4 is 5.97 Å². The Morgan fingerprint density at radius 1 is 1.33 bits per heavy atom. The molecule has 0 saturated carbocycles. The zero-order valence-electron chi connectivity index (χ0n) is 9.33. The smallest absolute Gasteiger partial charge is 0.464 e. The Labute approximate surface area is 100 Å². The van der Waals surface area contributed by atoms with Crippen molar-refractivity contribution in [3.05, 3.63) is 35.6 Å². The molecule has 0 aromatic heterocycles. The molecule has 0 amide bonds. The van der Waals surface area contributed by atoms with E-state index in [9.17, 15) is 22.4 Å². The summed E-state index contributed by atoms with van der Waals surface area (Å²) < 4.78 is 57.9. The van der Waals surface area contributed by atoms with E-state index < -0.39 is 29.8 Å². The van der Waals surface area contributed by atoms with Gasteiger partial charge in [0.2, 0.25) is 0 Å². The van der Waals surface area contributed by atoms with Crippen LogP contribution in [0.1, 0.15) is 18.6 Å². The van der Waals surface area contributed by atoms with Gasteiger partial charge in [-0.3, -0.25) is 4.74 Å². The Balaban J connectivity index is 3.05. The third-order valence-corrected chi connectivity index (χ3v) is 1.94. The van der Waals surface area contributed by atoms with Gasteiger partial charge >= 0.3 is 12.3 Å². The molecular weight excluding hydrogens is 256 g/mol. The summed E-state index contributed by atoms with van der Waals surface area (Å²) in [5, 5.41) is 0. The lowest BCUT2D eigenvalue weighted by Gasteiger charge is -2.18. The first kappa shape index (κ1) is 14.4. The molecule has 0 aliphatic heterocycles. The molecule has 1 unspecified atom stereocenters. The largest absolute Gasteiger partial charge is 0.523 e. The molecule has 0 N–H and O–H groups in total. The molecule has 0 spiro atoms. The topological polar surface area (TPSA) is 35.5 Å². The van der Waals surface area contributed by atoms with Crippen molar-refractivity contribution in [3.8, 4) is 0 Å². The molecule has 0 aliphatic rings. The maximum Gasteiger partial charge on any atom is 0.523 e. The fourth-order valence-electron chi connectivity index (χ4n) is 1.28. The summed E-state index contributed by atoms with van der Waals surface area (Å²) in [5.74, 6) is -2.26. The lowest BCUT2D eigenvalue weighted by atomic mass is 10.1. The Morgan fingerprint density at radius 2 is 1.94 bits per heavy atom. The Kier molecular flexibility index (Phi) is 4.66. The van der Waals surface area contributed by atoms with Gasteiger partial charge in [-0.15, -0.1) is 13.2 Å². The molecule has 1 rings (SSSR count). The highest BCUT2D eigenvalue weighted by Gasteiger charge is 2.39. The highest BCUT2D eigenvalue weighted by molar-refractivity contribution is 5.76. The number of carbonyl (C=O) groups excluding carboxylic acids is 1. The van der Waals surface area contributed by atoms with Gasteiger partial charge in [0.25, 0.3) is 0 Å². The maximum atomic E-state index is 13.4. The molecule has 0 aliphatic carbocycles. The highest BCUT2D eigenvalue weighted by atomic mass is 19.4. The van der Waals surface area contributed by atoms with Crippen molar-refractivity contribution < 1.29 is 31.8 Å². The molecule has 0 radical (unpaired) electrons. The minimum atomic E-state index is -5.07. The van der Waals surface area contributed by atoms with E-state index in [0.717, 1.165) is 12.1 Å². The molecular formula is C11H10F4O3. The number of halogens is 4. The first-order valence-corrected chi connectivity index (χ1v) is 5.00. The van der Waals surface area contributed by atoms with Crippen LogP contribution in [0.5, 0.6) is 0 Å². The van der Waals surface area contributed by atoms with Gasteiger partial charge in [0.05, 0.1) is 6.61 Å². The fourth-order valence-corrected chi connectivity index (χ4v) is 1.28. The lowest BCUT2D eigenvalue weighted by molar-refractivity contribution is -0.342. The second-order valence-electron chi connectivity index (χ2n) is 3.22. The van der Waals surface area contributed by atoms with Crippen LogP contribution in [0, 0.1) is 5.82 Å². The zero-order valence-corrected chi connectivity index (χ0v) is 9.33. The normalized spacial score (nSPS) is 13.2. The molecule has 1 aromatic carbocycles. The monoisotopic (exact) mass is 266 g/mol. The standard InChI is InChI=1S/C11H10F4O3/c1-2-17-10(16)9(18-11(13,14)15)7-5-3-4-6-8(7)12/h3-6,9H,2H2,1H3. The first-order chi connectivity index (χ1) is 8.35. The summed E-state index contributed by atoms with van der Waals surface area (Å²) in [6.07, 6.45) is -7.23. The van der Waals surface area contributed by atoms with E-state index in [1.165, 1.54) is 19.1 Å². The quantitative estimate of drug-likeness (QED) is 0.621. The SMILES string of the molecule is CCOC(=O)C(OC(F)(F)F)c1ccccc1F. The fraction of sp³-hybridized carbons (Fsp3) is 0.364. The number of benzene rings is 1. The van der Waals surface area contributed by atoms with Crippen LogP contribution in [-0.4, -0.2) is 18.9 Å². The van der Waals surface area contributed by atoms with Gasteiger partial charge in [-0.05, 0) is 13.0 Å². The Morgan fingerprint density at radius 3 is 2.44 bits per heavy atom. The molecule has 100 valence electrons. The molecule has 7 heteroatoms. The number of alkyl halides is 3. The van der Waals surface area contributed by atoms with Crippen molar-refractivity contribution in [2.24, 2.45) is 0 Å². The van der Waals surface area contributed by atoms with Crippen LogP contribution in [-0.2, 0) is 14.3 Å². The van der Waals surface area contributed by atoms with Crippen molar-refractivity contribution in [2.45, 2.75) is 19.4 Å². The van der Waals surface area contributed by atoms with E-state index in [1.807, 2.05) is 0 Å². The van der Waals surface area contributed by atoms with Gasteiger partial charge in [0.1, 0.15) is 5.82 Å². The van der Waals surface area contributed by atoms with Crippen molar-refractivity contribution in [3.63, 3.8) is 0 Å². The van der Waals surface area contributed by atoms with Gasteiger partial charge in [0.15, 0.2) is 6.10 Å². The minimum absolute atomic E-state index is 0.134. The second-order valence-corrected chi connectivity index (χ2v) is 3.22. The van der Waals surface area contributed by atoms with Gasteiger partial charge in [0, 0.05) is 5.56 Å². The summed E-state index contributed by atoms with van der Waals surface area (Å²) in [4.78, 5) is 11.4. The van der Waals surface area contributed by atoms with E-state index >= 15 is 0 Å². The molecule has 0 heterocycles. The van der Waals surface area contributed by atoms with E-state index in [0.29, 0.717) is 0 Å². The molecule has 1 atom stereocenters. The lowest BCUT2D eigenvalue weighted by Crippen LogP contribution is -2.26. The Bertz CT molecular complexity index is 417. The van der Waals surface area contributed by atoms with Crippen LogP contribution in [0.3, 0.4) is 0 Å². The second kappa shape index (κ2) is 5.81. The van der Waals surface area contributed by atoms with Gasteiger partial charge < -0.3 is 4.74 Å². The van der Waals surface area contributed by atoms with Crippen LogP contribution in [0.25, 0.3) is 0 Å². The van der Waals surface area contributed by atoms with Crippen molar-refractivity contribution in [1.82, 2.24) is 0 Å². The number of hydrogen-bond donors (Lipinski definition) is 0. The van der Waals surface area contributed by atoms with Gasteiger partial charge in [-0.2, -0.15) is 0 Å². The summed E-state index contributed by atoms with van der Waals surface area (Å²) >= 11 is 0. The molecule has 0 bridgehead atoms. The van der Waals surface area contributed by atoms with E-state index in [-0.39, 0.29) is 6.61 Å². The Hall–Kier alpha value is -1.63. The van der Waals surface area contributed by atoms with Gasteiger partial charge in [-0.25, -0.2) is 9.18 Å². The van der Waals surface area contributed by atoms with Gasteiger partial charge in [-0.1, -0.05) is 18.2 Å². The van der Waals surface area contributed by atoms with E-state index in [1.54, 1.807) is 0 Å². The molecule has 18 heavy (non-hydrogen) atoms. The zero-order chi connectivity index (χ0) is 13.8. The van der Waals surface area contributed by atoms with Crippen LogP contribution in [0.4, 0.5) is 17.6 Å². The first-order valence-electron chi connectivity index (χ1n) is 5.00. The molecule has 0 saturated heterocycles. The third kappa shape index (κ3) is 3.99. The van der Waals surface area contributed by atoms with Crippen LogP contribution < -0.4 is 0 Å². The van der Waals surface area contributed by atoms with Crippen LogP contribution in [0.15, 0.2) is 24.3 Å². The highest BCUT2D eigenvalue weighted by Crippen LogP contribution is 2.30. The summed E-state index contributed by atoms with van der Waals surface area (Å²) in [6.45, 7) is 1.29. The summed E-state index contributed by atoms with van der Waals surface area (Å²) in [6, 6.07) is 4.54. The predicted octanol–water partition coefficient (Wildman–Crippen LogP) is 2.97. The van der Waals surface area contributed by atoms with E-state index in [2.05, 4.69) is 9.47 Å². The minimum Gasteiger partial charge on any atom is -0.464 e. The van der Waals surface area contributed by atoms with Crippen LogP contribution in [0.2, 0.25) is 0 Å². The number of esters is 1. The third-order valence-electron chi connectivity index (χ3n) is 1.94. The number of carbonyl (C=O) groups is 1. The average molecular weight is 266 g/mol. The van der Waals surface area contributed by atoms with E-state index in [4.69, 9.17) is 0 Å². The summed E-state index contributed by atoms with van der Waals surface area (Å²) in [7, 11) is 0. The maximum absolute atomic E-state index is 13.4. The molecule has 3 nitrogen and oxygen atoms in total. The van der Waals surface area contributed by atoms with Crippen molar-refractivity contribution in [1.29, 1.82) is 0 Å². The average Bonchev–Trinajstić information content (AvgIpc) is 2.26. The van der Waals surface area contributed by atoms with Crippen molar-refractivity contribution in [2.75, 3.05) is 6.61 Å². The number of ether oxygens (including phenoxy) is 2. The van der Waals surface area contributed by atoms with Crippen LogP contribution >= 0.6 is 0 Å². The summed E-state index contributed by atoms with van der Waals surface area (Å²) in [5.41, 5.74) is -0.520. The molecule has 0 fully saturated rings. The predicted molar refractivity (Wildman–Crippen MR) is 52.9 cm³/mol. The number of rotatable bonds is 4.